The number of anilines is 1. The lowest BCUT2D eigenvalue weighted by Gasteiger charge is -2.24. The second-order valence-electron chi connectivity index (χ2n) is 5.60. The number of pyridine rings is 1. The van der Waals surface area contributed by atoms with Gasteiger partial charge in [0.25, 0.3) is 0 Å². The third-order valence-electron chi connectivity index (χ3n) is 3.75. The Bertz CT molecular complexity index is 580. The van der Waals surface area contributed by atoms with Gasteiger partial charge in [-0.15, -0.1) is 0 Å². The Morgan fingerprint density at radius 2 is 1.90 bits per heavy atom. The molecule has 0 amide bonds. The second kappa shape index (κ2) is 7.38. The normalized spacial score (nSPS) is 11.3. The molecule has 0 aliphatic rings. The number of nitrogens with zero attached hydrogens (tertiary/aromatic N) is 3. The summed E-state index contributed by atoms with van der Waals surface area (Å²) in [6, 6.07) is 10.4. The van der Waals surface area contributed by atoms with E-state index in [0.29, 0.717) is 6.54 Å². The fourth-order valence-electron chi connectivity index (χ4n) is 2.58. The van der Waals surface area contributed by atoms with Crippen LogP contribution in [0.25, 0.3) is 10.9 Å². The van der Waals surface area contributed by atoms with Crippen LogP contribution in [0.2, 0.25) is 0 Å². The van der Waals surface area contributed by atoms with Gasteiger partial charge in [0.1, 0.15) is 5.82 Å². The lowest BCUT2D eigenvalue weighted by molar-refractivity contribution is 0.400. The minimum absolute atomic E-state index is 0.547. The van der Waals surface area contributed by atoms with Crippen LogP contribution in [0, 0.1) is 0 Å². The monoisotopic (exact) mass is 286 g/mol. The smallest absolute Gasteiger partial charge is 0.129 e. The highest BCUT2D eigenvalue weighted by molar-refractivity contribution is 5.84. The number of nitrogens with two attached hydrogens (primary N) is 1. The standard InChI is InChI=1S/C17H26N4/c1-4-21(11-7-10-20(2)3)17-12-14(13-18)15-8-5-6-9-16(15)19-17/h5-6,8-9,12H,4,7,10-11,13,18H2,1-3H3. The number of para-hydroxylation sites is 1. The van der Waals surface area contributed by atoms with Crippen LogP contribution < -0.4 is 10.6 Å². The van der Waals surface area contributed by atoms with E-state index in [-0.39, 0.29) is 0 Å². The first-order chi connectivity index (χ1) is 10.2. The van der Waals surface area contributed by atoms with E-state index in [2.05, 4.69) is 49.0 Å². The zero-order valence-corrected chi connectivity index (χ0v) is 13.3. The molecule has 114 valence electrons. The maximum atomic E-state index is 5.91. The van der Waals surface area contributed by atoms with Crippen LogP contribution in [-0.4, -0.2) is 43.6 Å². The highest BCUT2D eigenvalue weighted by Crippen LogP contribution is 2.22. The summed E-state index contributed by atoms with van der Waals surface area (Å²) in [5.74, 6) is 1.04. The molecule has 21 heavy (non-hydrogen) atoms. The molecule has 4 nitrogen and oxygen atoms in total. The second-order valence-corrected chi connectivity index (χ2v) is 5.60. The van der Waals surface area contributed by atoms with E-state index in [1.54, 1.807) is 0 Å². The van der Waals surface area contributed by atoms with Gasteiger partial charge >= 0.3 is 0 Å². The molecule has 2 rings (SSSR count). The predicted molar refractivity (Wildman–Crippen MR) is 90.7 cm³/mol. The van der Waals surface area contributed by atoms with E-state index in [9.17, 15) is 0 Å². The van der Waals surface area contributed by atoms with E-state index in [4.69, 9.17) is 10.7 Å². The number of rotatable bonds is 7. The molecule has 2 N–H and O–H groups in total. The molecule has 1 aromatic carbocycles. The summed E-state index contributed by atoms with van der Waals surface area (Å²) in [4.78, 5) is 9.35. The van der Waals surface area contributed by atoms with E-state index in [1.165, 1.54) is 5.56 Å². The van der Waals surface area contributed by atoms with E-state index >= 15 is 0 Å². The molecule has 2 aromatic rings. The fourth-order valence-corrected chi connectivity index (χ4v) is 2.58. The third-order valence-corrected chi connectivity index (χ3v) is 3.75. The van der Waals surface area contributed by atoms with Crippen LogP contribution in [0.1, 0.15) is 18.9 Å². The molecule has 4 heteroatoms. The first-order valence-corrected chi connectivity index (χ1v) is 7.64. The van der Waals surface area contributed by atoms with Crippen molar-refractivity contribution in [3.63, 3.8) is 0 Å². The lowest BCUT2D eigenvalue weighted by Crippen LogP contribution is -2.28. The van der Waals surface area contributed by atoms with Crippen molar-refractivity contribution < 1.29 is 0 Å². The van der Waals surface area contributed by atoms with Crippen LogP contribution in [0.15, 0.2) is 30.3 Å². The van der Waals surface area contributed by atoms with Crippen LogP contribution in [0.3, 0.4) is 0 Å². The molecule has 0 bridgehead atoms. The van der Waals surface area contributed by atoms with Gasteiger partial charge in [-0.1, -0.05) is 18.2 Å². The summed E-state index contributed by atoms with van der Waals surface area (Å²) >= 11 is 0. The first kappa shape index (κ1) is 15.7. The van der Waals surface area contributed by atoms with Gasteiger partial charge in [-0.25, -0.2) is 4.98 Å². The number of benzene rings is 1. The molecule has 0 spiro atoms. The Morgan fingerprint density at radius 3 is 2.57 bits per heavy atom. The van der Waals surface area contributed by atoms with Gasteiger partial charge in [0.15, 0.2) is 0 Å². The summed E-state index contributed by atoms with van der Waals surface area (Å²) < 4.78 is 0. The highest BCUT2D eigenvalue weighted by Gasteiger charge is 2.10. The van der Waals surface area contributed by atoms with Crippen LogP contribution in [0.4, 0.5) is 5.82 Å². The van der Waals surface area contributed by atoms with Crippen molar-refractivity contribution in [3.05, 3.63) is 35.9 Å². The van der Waals surface area contributed by atoms with Crippen LogP contribution in [0.5, 0.6) is 0 Å². The van der Waals surface area contributed by atoms with Crippen molar-refractivity contribution in [2.45, 2.75) is 19.9 Å². The SMILES string of the molecule is CCN(CCCN(C)C)c1cc(CN)c2ccccc2n1. The average Bonchev–Trinajstić information content (AvgIpc) is 2.50. The molecule has 0 saturated carbocycles. The molecule has 1 aromatic heterocycles. The minimum Gasteiger partial charge on any atom is -0.357 e. The van der Waals surface area contributed by atoms with Gasteiger partial charge in [-0.3, -0.25) is 0 Å². The largest absolute Gasteiger partial charge is 0.357 e. The number of aromatic nitrogens is 1. The Balaban J connectivity index is 2.26. The van der Waals surface area contributed by atoms with Gasteiger partial charge in [0.2, 0.25) is 0 Å². The molecule has 0 fully saturated rings. The zero-order valence-electron chi connectivity index (χ0n) is 13.3. The first-order valence-electron chi connectivity index (χ1n) is 7.64. The van der Waals surface area contributed by atoms with Gasteiger partial charge in [0, 0.05) is 25.0 Å². The maximum Gasteiger partial charge on any atom is 0.129 e. The van der Waals surface area contributed by atoms with E-state index < -0.39 is 0 Å². The molecule has 0 atom stereocenters. The summed E-state index contributed by atoms with van der Waals surface area (Å²) in [5, 5.41) is 1.16. The molecular formula is C17H26N4. The van der Waals surface area contributed by atoms with Crippen molar-refractivity contribution >= 4 is 16.7 Å². The van der Waals surface area contributed by atoms with Gasteiger partial charge in [0.05, 0.1) is 5.52 Å². The summed E-state index contributed by atoms with van der Waals surface area (Å²) in [7, 11) is 4.22. The number of hydrogen-bond donors (Lipinski definition) is 1. The third kappa shape index (κ3) is 3.93. The molecule has 0 unspecified atom stereocenters. The Labute approximate surface area is 127 Å². The molecule has 0 aliphatic carbocycles. The summed E-state index contributed by atoms with van der Waals surface area (Å²) in [6.07, 6.45) is 1.13. The van der Waals surface area contributed by atoms with E-state index in [1.807, 2.05) is 12.1 Å². The van der Waals surface area contributed by atoms with Gasteiger partial charge in [-0.2, -0.15) is 0 Å². The lowest BCUT2D eigenvalue weighted by atomic mass is 10.1. The van der Waals surface area contributed by atoms with Crippen LogP contribution in [-0.2, 0) is 6.54 Å². The zero-order chi connectivity index (χ0) is 15.2. The molecule has 0 aliphatic heterocycles. The van der Waals surface area contributed by atoms with Crippen molar-refractivity contribution in [2.75, 3.05) is 38.6 Å². The van der Waals surface area contributed by atoms with Gasteiger partial charge < -0.3 is 15.5 Å². The Morgan fingerprint density at radius 1 is 1.14 bits per heavy atom. The predicted octanol–water partition coefficient (Wildman–Crippen LogP) is 2.47. The van der Waals surface area contributed by atoms with Crippen molar-refractivity contribution in [2.24, 2.45) is 5.73 Å². The molecule has 0 saturated heterocycles. The van der Waals surface area contributed by atoms with Crippen molar-refractivity contribution in [1.82, 2.24) is 9.88 Å². The van der Waals surface area contributed by atoms with Crippen LogP contribution >= 0.6 is 0 Å². The van der Waals surface area contributed by atoms with E-state index in [0.717, 1.165) is 42.8 Å². The quantitative estimate of drug-likeness (QED) is 0.849. The summed E-state index contributed by atoms with van der Waals surface area (Å²) in [6.45, 7) is 5.79. The molecule has 0 radical (unpaired) electrons. The highest BCUT2D eigenvalue weighted by atomic mass is 15.2. The van der Waals surface area contributed by atoms with Gasteiger partial charge in [-0.05, 0) is 51.7 Å². The minimum atomic E-state index is 0.547. The molecular weight excluding hydrogens is 260 g/mol. The summed E-state index contributed by atoms with van der Waals surface area (Å²) in [5.41, 5.74) is 8.11. The number of hydrogen-bond acceptors (Lipinski definition) is 4. The number of fused-ring (bicyclic) bond motifs is 1. The maximum absolute atomic E-state index is 5.91. The fraction of sp³-hybridized carbons (Fsp3) is 0.471. The average molecular weight is 286 g/mol. The van der Waals surface area contributed by atoms with Crippen molar-refractivity contribution in [3.8, 4) is 0 Å². The Hall–Kier alpha value is -1.65. The van der Waals surface area contributed by atoms with Crippen molar-refractivity contribution in [1.29, 1.82) is 0 Å². The Kier molecular flexibility index (Phi) is 5.53. The topological polar surface area (TPSA) is 45.4 Å². The molecule has 1 heterocycles.